The van der Waals surface area contributed by atoms with Gasteiger partial charge in [-0.3, -0.25) is 19.2 Å². The van der Waals surface area contributed by atoms with Crippen molar-refractivity contribution in [3.8, 4) is 0 Å². The van der Waals surface area contributed by atoms with Crippen molar-refractivity contribution in [1.82, 2.24) is 21.3 Å². The molecule has 738 valence electrons. The van der Waals surface area contributed by atoms with Gasteiger partial charge in [0, 0.05) is 40.0 Å². The van der Waals surface area contributed by atoms with Gasteiger partial charge in [-0.25, -0.2) is 9.59 Å². The van der Waals surface area contributed by atoms with Crippen LogP contribution in [-0.2, 0) is 85.6 Å². The van der Waals surface area contributed by atoms with Crippen LogP contribution in [0.4, 0.5) is 0 Å². The molecule has 0 saturated carbocycles. The van der Waals surface area contributed by atoms with Crippen molar-refractivity contribution in [2.75, 3.05) is 46.2 Å². The van der Waals surface area contributed by atoms with Gasteiger partial charge in [-0.2, -0.15) is 0 Å². The summed E-state index contributed by atoms with van der Waals surface area (Å²) in [7, 11) is 0. The molecular formula is C84H148N4O39. The summed E-state index contributed by atoms with van der Waals surface area (Å²) in [4.78, 5) is 78.7. The number of hydrogen-bond acceptors (Lipinski definition) is 37. The molecule has 0 spiro atoms. The van der Waals surface area contributed by atoms with E-state index in [-0.39, 0.29) is 12.3 Å². The molecule has 6 aliphatic rings. The van der Waals surface area contributed by atoms with E-state index in [2.05, 4.69) is 35.1 Å². The Labute approximate surface area is 740 Å². The highest BCUT2D eigenvalue weighted by Crippen LogP contribution is 2.42. The molecule has 43 heteroatoms. The zero-order chi connectivity index (χ0) is 93.8. The third kappa shape index (κ3) is 32.6. The zero-order valence-electron chi connectivity index (χ0n) is 73.5. The molecule has 4 amide bonds. The fourth-order valence-corrected chi connectivity index (χ4v) is 16.9. The number of carbonyl (C=O) groups excluding carboxylic acids is 4. The lowest BCUT2D eigenvalue weighted by Gasteiger charge is -2.52. The summed E-state index contributed by atoms with van der Waals surface area (Å²) < 4.78 is 70.7. The van der Waals surface area contributed by atoms with Crippen molar-refractivity contribution in [1.29, 1.82) is 0 Å². The van der Waals surface area contributed by atoms with Gasteiger partial charge in [0.1, 0.15) is 134 Å². The second kappa shape index (κ2) is 56.5. The number of allylic oxidation sites excluding steroid dienone is 1. The quantitative estimate of drug-likeness (QED) is 0.0205. The number of ether oxygens (including phenoxy) is 12. The molecule has 6 aliphatic heterocycles. The molecule has 25 N–H and O–H groups in total. The summed E-state index contributed by atoms with van der Waals surface area (Å²) in [5, 5.41) is 246. The van der Waals surface area contributed by atoms with Crippen LogP contribution in [0.1, 0.15) is 227 Å². The lowest BCUT2D eigenvalue weighted by Crippen LogP contribution is -2.72. The third-order valence-electron chi connectivity index (χ3n) is 24.1. The number of aliphatic hydroxyl groups excluding tert-OH is 19. The Morgan fingerprint density at radius 3 is 1.27 bits per heavy atom. The Kier molecular flexibility index (Phi) is 49.4. The van der Waals surface area contributed by atoms with E-state index < -0.39 is 296 Å². The van der Waals surface area contributed by atoms with Crippen molar-refractivity contribution >= 4 is 35.6 Å². The first-order valence-corrected chi connectivity index (χ1v) is 45.2. The smallest absolute Gasteiger partial charge is 0.364 e. The van der Waals surface area contributed by atoms with Gasteiger partial charge in [0.15, 0.2) is 25.2 Å². The van der Waals surface area contributed by atoms with E-state index in [1.807, 2.05) is 6.08 Å². The van der Waals surface area contributed by atoms with E-state index in [1.165, 1.54) is 103 Å². The minimum atomic E-state index is -3.52. The average Bonchev–Trinajstić information content (AvgIpc) is 0.737. The highest BCUT2D eigenvalue weighted by molar-refractivity contribution is 5.78. The van der Waals surface area contributed by atoms with Crippen LogP contribution in [0, 0.1) is 0 Å². The largest absolute Gasteiger partial charge is 0.477 e. The van der Waals surface area contributed by atoms with Crippen LogP contribution in [0.5, 0.6) is 0 Å². The lowest BCUT2D eigenvalue weighted by molar-refractivity contribution is -0.390. The number of rotatable bonds is 59. The summed E-state index contributed by atoms with van der Waals surface area (Å²) in [6.45, 7) is -0.535. The van der Waals surface area contributed by atoms with Crippen molar-refractivity contribution in [2.24, 2.45) is 0 Å². The van der Waals surface area contributed by atoms with Gasteiger partial charge in [0.05, 0.1) is 82.7 Å². The SMILES string of the molecule is CCCCCCCCCCCCC/C=C/[C@@H](O)[C@H](CO[C@@H]1OC(CO)[C@@H](O[C@@H]2OC(CO)[C@H](O[C@@H]3OC(CO)[C@H](O)[C@H](O[C@@H]4OC(CO)[C@H](O)[C@H](O[C@]5(C(=O)O)CC(O)[C@@H](NC(C)=O)C([C@H](O)[C@@H](CO)O[C@]6(C(=O)O)CC(O)[C@@H](NC(C)=O)C([C@H](O)[C@H](O)CO)O6)O5)C4O)C3NC(C)=O)[C@H](O)C2O)[C@H](O)C1O)NC(=O)CCCCCCCCCCCCCCCCC. The monoisotopic (exact) mass is 1840 g/mol. The zero-order valence-corrected chi connectivity index (χ0v) is 73.5. The normalized spacial score (nSPS) is 35.1. The fraction of sp³-hybridized carbons (Fsp3) is 0.905. The molecule has 0 aliphatic carbocycles. The Hall–Kier alpha value is -4.68. The van der Waals surface area contributed by atoms with Crippen LogP contribution in [0.25, 0.3) is 0 Å². The maximum absolute atomic E-state index is 13.8. The number of unbranched alkanes of at least 4 members (excludes halogenated alkanes) is 25. The molecule has 0 aromatic heterocycles. The topological polar surface area (TPSA) is 686 Å². The van der Waals surface area contributed by atoms with Crippen LogP contribution >= 0.6 is 0 Å². The minimum Gasteiger partial charge on any atom is -0.477 e. The number of aliphatic carboxylic acids is 2. The average molecular weight is 1840 g/mol. The van der Waals surface area contributed by atoms with Gasteiger partial charge in [-0.15, -0.1) is 0 Å². The summed E-state index contributed by atoms with van der Waals surface area (Å²) in [6.07, 6.45) is -28.9. The maximum atomic E-state index is 13.8. The number of nitrogens with one attached hydrogen (secondary N) is 4. The number of carboxylic acid groups (broad SMARTS) is 2. The second-order valence-electron chi connectivity index (χ2n) is 34.2. The molecule has 6 rings (SSSR count). The van der Waals surface area contributed by atoms with Gasteiger partial charge in [-0.1, -0.05) is 180 Å². The standard InChI is InChI=1S/C84H148N4O39/c1-6-8-10-12-14-16-18-20-21-23-25-27-29-31-33-35-58(102)88-48(49(98)34-32-30-28-26-24-22-19-17-15-13-11-9-7-2)44-116-78-68(109)66(107)72(56(42-93)119-78)122-79-69(110)67(108)71(57(43-94)120-79)121-77-61(87-47(5)97)73(63(104)53(39-90)117-77)123-80-70(111)76(64(105)54(40-91)118-80)127-84(82(114)115)37-51(100)60(86-46(4)96)75(126-84)65(106)55(41-92)124-83(81(112)113)36-50(99)59(85-45(3)95)74(125-83)62(103)52(101)38-89/h32,34,48-57,59-80,89-94,98-101,103-111H,6-31,33,35-44H2,1-5H3,(H,85,95)(H,86,96)(H,87,97)(H,88,102)(H,112,113)(H,114,115)/b34-32+/t48-,49+,50?,51?,52+,53?,54?,55+,56?,57?,59+,60+,61?,62+,63-,64-,65+,66+,67+,68?,69?,70?,71-,72+,73+,74?,75?,76-,77-,78+,79-,80-,83+,84-/m0/s1. The Morgan fingerprint density at radius 1 is 0.425 bits per heavy atom. The van der Waals surface area contributed by atoms with Gasteiger partial charge >= 0.3 is 11.9 Å². The molecule has 6 saturated heterocycles. The summed E-state index contributed by atoms with van der Waals surface area (Å²) >= 11 is 0. The van der Waals surface area contributed by atoms with Crippen molar-refractivity contribution < 1.29 is 193 Å². The first-order chi connectivity index (χ1) is 60.6. The number of carboxylic acids is 2. The van der Waals surface area contributed by atoms with Crippen LogP contribution in [-0.4, -0.2) is 396 Å². The third-order valence-corrected chi connectivity index (χ3v) is 24.1. The lowest BCUT2D eigenvalue weighted by atomic mass is 9.87. The Bertz CT molecular complexity index is 3200. The first-order valence-electron chi connectivity index (χ1n) is 45.2. The Morgan fingerprint density at radius 2 is 0.811 bits per heavy atom. The van der Waals surface area contributed by atoms with Crippen molar-refractivity contribution in [3.63, 3.8) is 0 Å². The van der Waals surface area contributed by atoms with Crippen LogP contribution in [0.3, 0.4) is 0 Å². The van der Waals surface area contributed by atoms with Crippen molar-refractivity contribution in [3.05, 3.63) is 12.2 Å². The molecular weight excluding hydrogens is 1690 g/mol. The van der Waals surface area contributed by atoms with Gasteiger partial charge in [-0.05, 0) is 19.3 Å². The van der Waals surface area contributed by atoms with E-state index >= 15 is 0 Å². The number of hydrogen-bond donors (Lipinski definition) is 25. The predicted octanol–water partition coefficient (Wildman–Crippen LogP) is -3.87. The van der Waals surface area contributed by atoms with E-state index in [0.717, 1.165) is 78.6 Å². The van der Waals surface area contributed by atoms with Crippen molar-refractivity contribution in [2.45, 2.75) is 435 Å². The number of aliphatic hydroxyl groups is 19. The number of amides is 4. The predicted molar refractivity (Wildman–Crippen MR) is 440 cm³/mol. The van der Waals surface area contributed by atoms with Crippen LogP contribution < -0.4 is 21.3 Å². The molecule has 0 bridgehead atoms. The minimum absolute atomic E-state index is 0.150. The molecule has 127 heavy (non-hydrogen) atoms. The first kappa shape index (κ1) is 111. The molecule has 43 nitrogen and oxygen atoms in total. The highest BCUT2D eigenvalue weighted by atomic mass is 16.8. The molecule has 12 unspecified atom stereocenters. The summed E-state index contributed by atoms with van der Waals surface area (Å²) in [5.74, 6) is -14.5. The van der Waals surface area contributed by atoms with E-state index in [1.54, 1.807) is 6.08 Å². The number of carbonyl (C=O) groups is 6. The van der Waals surface area contributed by atoms with E-state index in [9.17, 15) is 136 Å². The molecule has 0 aromatic carbocycles. The summed E-state index contributed by atoms with van der Waals surface area (Å²) in [6, 6.07) is -6.84. The van der Waals surface area contributed by atoms with Crippen LogP contribution in [0.2, 0.25) is 0 Å². The van der Waals surface area contributed by atoms with Crippen LogP contribution in [0.15, 0.2) is 12.2 Å². The molecule has 6 fully saturated rings. The maximum Gasteiger partial charge on any atom is 0.364 e. The molecule has 0 aromatic rings. The van der Waals surface area contributed by atoms with E-state index in [4.69, 9.17) is 56.8 Å². The fourth-order valence-electron chi connectivity index (χ4n) is 16.9. The van der Waals surface area contributed by atoms with Gasteiger partial charge in [0.25, 0.3) is 11.6 Å². The summed E-state index contributed by atoms with van der Waals surface area (Å²) in [5.41, 5.74) is 0. The Balaban J connectivity index is 1.15. The highest BCUT2D eigenvalue weighted by Gasteiger charge is 2.64. The molecule has 0 radical (unpaired) electrons. The van der Waals surface area contributed by atoms with Gasteiger partial charge in [0.2, 0.25) is 23.6 Å². The molecule has 34 atom stereocenters. The van der Waals surface area contributed by atoms with Gasteiger partial charge < -0.3 is 185 Å². The second-order valence-corrected chi connectivity index (χ2v) is 34.2. The van der Waals surface area contributed by atoms with E-state index in [0.29, 0.717) is 12.8 Å². The molecule has 6 heterocycles.